The number of sulfonamides is 1. The van der Waals surface area contributed by atoms with E-state index in [9.17, 15) is 13.2 Å². The van der Waals surface area contributed by atoms with Gasteiger partial charge in [-0.2, -0.15) is 0 Å². The summed E-state index contributed by atoms with van der Waals surface area (Å²) in [6.45, 7) is 5.19. The minimum absolute atomic E-state index is 0.0110. The van der Waals surface area contributed by atoms with Crippen LogP contribution in [0.5, 0.6) is 0 Å². The maximum absolute atomic E-state index is 12.7. The van der Waals surface area contributed by atoms with Crippen LogP contribution in [0.15, 0.2) is 59.5 Å². The molecule has 1 aliphatic heterocycles. The Morgan fingerprint density at radius 3 is 2.41 bits per heavy atom. The highest BCUT2D eigenvalue weighted by atomic mass is 35.5. The van der Waals surface area contributed by atoms with Gasteiger partial charge in [0.25, 0.3) is 15.9 Å². The summed E-state index contributed by atoms with van der Waals surface area (Å²) in [5, 5.41) is 0.419. The predicted molar refractivity (Wildman–Crippen MR) is 108 cm³/mol. The molecule has 0 unspecified atom stereocenters. The first kappa shape index (κ1) is 19.7. The lowest BCUT2D eigenvalue weighted by Gasteiger charge is -2.28. The second-order valence-electron chi connectivity index (χ2n) is 6.30. The molecule has 1 aliphatic rings. The van der Waals surface area contributed by atoms with Crippen molar-refractivity contribution in [3.8, 4) is 0 Å². The van der Waals surface area contributed by atoms with Gasteiger partial charge in [0.1, 0.15) is 0 Å². The number of amides is 1. The second-order valence-corrected chi connectivity index (χ2v) is 8.80. The van der Waals surface area contributed by atoms with E-state index in [2.05, 4.69) is 11.3 Å². The van der Waals surface area contributed by atoms with E-state index in [1.54, 1.807) is 23.1 Å². The number of hydrogen-bond donors (Lipinski definition) is 1. The maximum Gasteiger partial charge on any atom is 0.261 e. The zero-order valence-electron chi connectivity index (χ0n) is 14.4. The Bertz CT molecular complexity index is 996. The molecule has 1 fully saturated rings. The lowest BCUT2D eigenvalue weighted by Crippen LogP contribution is -2.36. The van der Waals surface area contributed by atoms with Crippen LogP contribution in [-0.2, 0) is 10.0 Å². The van der Waals surface area contributed by atoms with Crippen LogP contribution in [-0.4, -0.2) is 32.3 Å². The molecule has 8 heteroatoms. The first-order chi connectivity index (χ1) is 12.8. The molecule has 2 aromatic rings. The van der Waals surface area contributed by atoms with Crippen molar-refractivity contribution in [1.29, 1.82) is 0 Å². The molecule has 27 heavy (non-hydrogen) atoms. The van der Waals surface area contributed by atoms with Gasteiger partial charge in [0.15, 0.2) is 0 Å². The zero-order chi connectivity index (χ0) is 19.6. The number of likely N-dealkylation sites (tertiary alicyclic amines) is 1. The van der Waals surface area contributed by atoms with Gasteiger partial charge in [-0.1, -0.05) is 41.4 Å². The van der Waals surface area contributed by atoms with Gasteiger partial charge in [0.05, 0.1) is 14.9 Å². The molecule has 0 atom stereocenters. The fourth-order valence-corrected chi connectivity index (χ4v) is 4.22. The van der Waals surface area contributed by atoms with Gasteiger partial charge in [-0.05, 0) is 49.2 Å². The lowest BCUT2D eigenvalue weighted by molar-refractivity contribution is 0.0744. The molecular formula is C19H18Cl2N2O3S. The van der Waals surface area contributed by atoms with Crippen LogP contribution in [0.3, 0.4) is 0 Å². The monoisotopic (exact) mass is 424 g/mol. The molecule has 3 rings (SSSR count). The Morgan fingerprint density at radius 1 is 1.04 bits per heavy atom. The largest absolute Gasteiger partial charge is 0.338 e. The van der Waals surface area contributed by atoms with Crippen LogP contribution in [0.2, 0.25) is 10.0 Å². The van der Waals surface area contributed by atoms with Crippen molar-refractivity contribution in [2.45, 2.75) is 17.7 Å². The lowest BCUT2D eigenvalue weighted by atomic mass is 10.0. The Kier molecular flexibility index (Phi) is 5.79. The summed E-state index contributed by atoms with van der Waals surface area (Å²) in [5.74, 6) is -0.127. The summed E-state index contributed by atoms with van der Waals surface area (Å²) in [7, 11) is -3.86. The van der Waals surface area contributed by atoms with Crippen molar-refractivity contribution in [2.75, 3.05) is 17.8 Å². The fraction of sp³-hybridized carbons (Fsp3) is 0.211. The summed E-state index contributed by atoms with van der Waals surface area (Å²) in [6.07, 6.45) is 1.57. The van der Waals surface area contributed by atoms with Crippen molar-refractivity contribution >= 4 is 44.8 Å². The van der Waals surface area contributed by atoms with Crippen LogP contribution in [0.25, 0.3) is 0 Å². The average molecular weight is 425 g/mol. The maximum atomic E-state index is 12.7. The number of rotatable bonds is 4. The molecule has 0 saturated carbocycles. The summed E-state index contributed by atoms with van der Waals surface area (Å²) in [4.78, 5) is 14.4. The third-order valence-corrected chi connectivity index (χ3v) is 6.44. The number of benzene rings is 2. The third-order valence-electron chi connectivity index (χ3n) is 4.32. The molecule has 1 saturated heterocycles. The van der Waals surface area contributed by atoms with Crippen molar-refractivity contribution < 1.29 is 13.2 Å². The number of anilines is 1. The molecule has 1 heterocycles. The van der Waals surface area contributed by atoms with Crippen molar-refractivity contribution in [1.82, 2.24) is 4.90 Å². The Hall–Kier alpha value is -2.02. The van der Waals surface area contributed by atoms with E-state index in [0.29, 0.717) is 24.3 Å². The molecule has 0 radical (unpaired) electrons. The Balaban J connectivity index is 1.80. The highest BCUT2D eigenvalue weighted by molar-refractivity contribution is 7.92. The normalized spacial score (nSPS) is 14.9. The molecule has 5 nitrogen and oxygen atoms in total. The first-order valence-corrected chi connectivity index (χ1v) is 10.5. The molecule has 1 N–H and O–H groups in total. The van der Waals surface area contributed by atoms with E-state index in [1.807, 2.05) is 0 Å². The summed E-state index contributed by atoms with van der Waals surface area (Å²) in [5.41, 5.74) is 1.87. The van der Waals surface area contributed by atoms with Gasteiger partial charge >= 0.3 is 0 Å². The third kappa shape index (κ3) is 4.64. The van der Waals surface area contributed by atoms with Gasteiger partial charge in [-0.15, -0.1) is 0 Å². The van der Waals surface area contributed by atoms with Crippen LogP contribution in [0, 0.1) is 0 Å². The SMILES string of the molecule is C=C1CCN(C(=O)c2cccc(NS(=O)(=O)c3ccc(Cl)c(Cl)c3)c2)CC1. The van der Waals surface area contributed by atoms with E-state index in [4.69, 9.17) is 23.2 Å². The van der Waals surface area contributed by atoms with Crippen LogP contribution in [0.4, 0.5) is 5.69 Å². The van der Waals surface area contributed by atoms with Crippen molar-refractivity contribution in [2.24, 2.45) is 0 Å². The van der Waals surface area contributed by atoms with E-state index in [-0.39, 0.29) is 20.8 Å². The summed E-state index contributed by atoms with van der Waals surface area (Å²) < 4.78 is 27.6. The molecule has 0 spiro atoms. The number of nitrogens with zero attached hydrogens (tertiary/aromatic N) is 1. The number of halogens is 2. The minimum atomic E-state index is -3.86. The zero-order valence-corrected chi connectivity index (χ0v) is 16.7. The molecule has 0 aromatic heterocycles. The van der Waals surface area contributed by atoms with Gasteiger partial charge in [-0.25, -0.2) is 8.42 Å². The minimum Gasteiger partial charge on any atom is -0.338 e. The molecule has 1 amide bonds. The highest BCUT2D eigenvalue weighted by Crippen LogP contribution is 2.26. The Morgan fingerprint density at radius 2 is 1.74 bits per heavy atom. The van der Waals surface area contributed by atoms with E-state index >= 15 is 0 Å². The fourth-order valence-electron chi connectivity index (χ4n) is 2.78. The average Bonchev–Trinajstić information content (AvgIpc) is 2.64. The number of nitrogens with one attached hydrogen (secondary N) is 1. The summed E-state index contributed by atoms with van der Waals surface area (Å²) in [6, 6.07) is 10.5. The van der Waals surface area contributed by atoms with Crippen LogP contribution >= 0.6 is 23.2 Å². The van der Waals surface area contributed by atoms with Gasteiger partial charge in [-0.3, -0.25) is 9.52 Å². The van der Waals surface area contributed by atoms with E-state index in [1.165, 1.54) is 24.3 Å². The van der Waals surface area contributed by atoms with Gasteiger partial charge in [0.2, 0.25) is 0 Å². The highest BCUT2D eigenvalue weighted by Gasteiger charge is 2.21. The molecule has 0 bridgehead atoms. The van der Waals surface area contributed by atoms with Gasteiger partial charge in [0, 0.05) is 24.3 Å². The molecular weight excluding hydrogens is 407 g/mol. The van der Waals surface area contributed by atoms with E-state index in [0.717, 1.165) is 18.4 Å². The first-order valence-electron chi connectivity index (χ1n) is 8.30. The number of carbonyl (C=O) groups is 1. The quantitative estimate of drug-likeness (QED) is 0.729. The van der Waals surface area contributed by atoms with Crippen LogP contribution < -0.4 is 4.72 Å². The van der Waals surface area contributed by atoms with Crippen molar-refractivity contribution in [3.05, 3.63) is 70.2 Å². The topological polar surface area (TPSA) is 66.5 Å². The van der Waals surface area contributed by atoms with Crippen LogP contribution in [0.1, 0.15) is 23.2 Å². The molecule has 2 aromatic carbocycles. The van der Waals surface area contributed by atoms with E-state index < -0.39 is 10.0 Å². The number of piperidine rings is 1. The van der Waals surface area contributed by atoms with Crippen molar-refractivity contribution in [3.63, 3.8) is 0 Å². The molecule has 0 aliphatic carbocycles. The second kappa shape index (κ2) is 7.92. The molecule has 142 valence electrons. The smallest absolute Gasteiger partial charge is 0.261 e. The predicted octanol–water partition coefficient (Wildman–Crippen LogP) is 4.59. The standard InChI is InChI=1S/C19H18Cl2N2O3S/c1-13-7-9-23(10-8-13)19(24)14-3-2-4-15(11-14)22-27(25,26)16-5-6-17(20)18(21)12-16/h2-6,11-12,22H,1,7-10H2. The Labute approximate surface area is 168 Å². The number of carbonyl (C=O) groups excluding carboxylic acids is 1. The summed E-state index contributed by atoms with van der Waals surface area (Å²) >= 11 is 11.7. The van der Waals surface area contributed by atoms with Gasteiger partial charge < -0.3 is 4.90 Å². The number of hydrogen-bond acceptors (Lipinski definition) is 3.